The fraction of sp³-hybridized carbons (Fsp3) is 0.444. The average Bonchev–Trinajstić information content (AvgIpc) is 2.94. The summed E-state index contributed by atoms with van der Waals surface area (Å²) in [5.74, 6) is -0.612. The van der Waals surface area contributed by atoms with Crippen LogP contribution in [0.2, 0.25) is 0 Å². The molecule has 204 valence electrons. The first-order chi connectivity index (χ1) is 18.4. The fourth-order valence-corrected chi connectivity index (χ4v) is 6.75. The highest BCUT2D eigenvalue weighted by molar-refractivity contribution is 7.89. The van der Waals surface area contributed by atoms with Gasteiger partial charge in [-0.2, -0.15) is 4.31 Å². The standard InChI is InChI=1S/C27H34N4O6S/c1-2-21(19-7-4-3-5-8-19)29-26-23(17-37-18-24(26)32)28-22-9-6-10-25(27(22)33)38(34,35)31-12-11-30-13-14-36-16-20(30)15-31/h3-10,20-21,28-29,33H,2,11-18H2,1H3/t20?,21-/m1/s1. The van der Waals surface area contributed by atoms with Gasteiger partial charge >= 0.3 is 0 Å². The van der Waals surface area contributed by atoms with Gasteiger partial charge in [-0.1, -0.05) is 43.3 Å². The second-order valence-electron chi connectivity index (χ2n) is 9.69. The summed E-state index contributed by atoms with van der Waals surface area (Å²) >= 11 is 0. The van der Waals surface area contributed by atoms with E-state index in [9.17, 15) is 18.3 Å². The summed E-state index contributed by atoms with van der Waals surface area (Å²) in [7, 11) is -3.96. The number of phenolic OH excluding ortho intramolecular Hbond substituents is 1. The number of sulfonamides is 1. The van der Waals surface area contributed by atoms with Crippen LogP contribution < -0.4 is 10.6 Å². The first kappa shape index (κ1) is 26.6. The normalized spacial score (nSPS) is 22.1. The van der Waals surface area contributed by atoms with E-state index >= 15 is 0 Å². The van der Waals surface area contributed by atoms with Gasteiger partial charge in [-0.15, -0.1) is 0 Å². The number of benzene rings is 2. The maximum atomic E-state index is 13.6. The molecule has 0 bridgehead atoms. The smallest absolute Gasteiger partial charge is 0.246 e. The van der Waals surface area contributed by atoms with Crippen LogP contribution >= 0.6 is 0 Å². The van der Waals surface area contributed by atoms with Crippen molar-refractivity contribution in [1.29, 1.82) is 0 Å². The molecule has 0 amide bonds. The number of hydrogen-bond acceptors (Lipinski definition) is 9. The molecule has 3 aliphatic heterocycles. The Morgan fingerprint density at radius 3 is 2.66 bits per heavy atom. The van der Waals surface area contributed by atoms with Gasteiger partial charge in [-0.3, -0.25) is 9.69 Å². The number of nitrogens with one attached hydrogen (secondary N) is 2. The van der Waals surface area contributed by atoms with Crippen molar-refractivity contribution >= 4 is 21.5 Å². The van der Waals surface area contributed by atoms with E-state index < -0.39 is 15.8 Å². The molecule has 10 nitrogen and oxygen atoms in total. The van der Waals surface area contributed by atoms with Crippen LogP contribution in [-0.2, 0) is 24.3 Å². The zero-order chi connectivity index (χ0) is 26.7. The molecule has 0 aliphatic carbocycles. The number of carbonyl (C=O) groups excluding carboxylic acids is 1. The van der Waals surface area contributed by atoms with Crippen molar-refractivity contribution in [2.75, 3.05) is 57.9 Å². The number of piperazine rings is 1. The number of rotatable bonds is 8. The van der Waals surface area contributed by atoms with Crippen LogP contribution in [0.15, 0.2) is 64.8 Å². The molecular weight excluding hydrogens is 508 g/mol. The van der Waals surface area contributed by atoms with Crippen molar-refractivity contribution in [1.82, 2.24) is 14.5 Å². The number of fused-ring (bicyclic) bond motifs is 1. The number of aromatic hydroxyl groups is 1. The van der Waals surface area contributed by atoms with Crippen LogP contribution in [-0.4, -0.2) is 87.2 Å². The average molecular weight is 543 g/mol. The number of nitrogens with zero attached hydrogens (tertiary/aromatic N) is 2. The minimum atomic E-state index is -3.96. The Bertz CT molecular complexity index is 1300. The third-order valence-electron chi connectivity index (χ3n) is 7.29. The van der Waals surface area contributed by atoms with Crippen molar-refractivity contribution in [2.45, 2.75) is 30.3 Å². The van der Waals surface area contributed by atoms with Gasteiger partial charge in [0, 0.05) is 32.2 Å². The molecule has 2 aromatic rings. The molecule has 3 N–H and O–H groups in total. The van der Waals surface area contributed by atoms with Gasteiger partial charge in [0.2, 0.25) is 15.8 Å². The maximum absolute atomic E-state index is 13.6. The van der Waals surface area contributed by atoms with Crippen molar-refractivity contribution in [3.05, 3.63) is 65.5 Å². The zero-order valence-electron chi connectivity index (χ0n) is 21.4. The van der Waals surface area contributed by atoms with Gasteiger partial charge in [0.05, 0.1) is 37.2 Å². The van der Waals surface area contributed by atoms with E-state index in [0.29, 0.717) is 44.2 Å². The van der Waals surface area contributed by atoms with Gasteiger partial charge < -0.3 is 25.2 Å². The van der Waals surface area contributed by atoms with E-state index in [-0.39, 0.29) is 41.7 Å². The Morgan fingerprint density at radius 1 is 1.05 bits per heavy atom. The molecule has 5 rings (SSSR count). The number of phenols is 1. The van der Waals surface area contributed by atoms with Crippen molar-refractivity contribution in [3.63, 3.8) is 0 Å². The molecule has 38 heavy (non-hydrogen) atoms. The molecule has 1 unspecified atom stereocenters. The topological polar surface area (TPSA) is 120 Å². The second kappa shape index (κ2) is 11.4. The van der Waals surface area contributed by atoms with Crippen LogP contribution in [0.3, 0.4) is 0 Å². The number of carbonyl (C=O) groups is 1. The quantitative estimate of drug-likeness (QED) is 0.431. The SMILES string of the molecule is CC[C@@H](NC1=C(Nc2cccc(S(=O)(=O)N3CCN4CCOCC4C3)c2O)COCC1=O)c1ccccc1. The van der Waals surface area contributed by atoms with Crippen LogP contribution in [0.25, 0.3) is 0 Å². The monoisotopic (exact) mass is 542 g/mol. The third kappa shape index (κ3) is 5.43. The van der Waals surface area contributed by atoms with Gasteiger partial charge in [0.1, 0.15) is 17.2 Å². The predicted molar refractivity (Wildman–Crippen MR) is 142 cm³/mol. The highest BCUT2D eigenvalue weighted by atomic mass is 32.2. The number of ketones is 1. The molecule has 2 atom stereocenters. The predicted octanol–water partition coefficient (Wildman–Crippen LogP) is 2.06. The Kier molecular flexibility index (Phi) is 8.01. The summed E-state index contributed by atoms with van der Waals surface area (Å²) < 4.78 is 39.5. The van der Waals surface area contributed by atoms with Crippen molar-refractivity contribution < 1.29 is 27.8 Å². The lowest BCUT2D eigenvalue weighted by atomic mass is 10.0. The molecule has 2 saturated heterocycles. The van der Waals surface area contributed by atoms with E-state index in [1.54, 1.807) is 12.1 Å². The number of ether oxygens (including phenoxy) is 2. The molecule has 0 aromatic heterocycles. The fourth-order valence-electron chi connectivity index (χ4n) is 5.17. The summed E-state index contributed by atoms with van der Waals surface area (Å²) in [5.41, 5.74) is 2.04. The van der Waals surface area contributed by atoms with Crippen molar-refractivity contribution in [2.24, 2.45) is 0 Å². The first-order valence-electron chi connectivity index (χ1n) is 12.9. The largest absolute Gasteiger partial charge is 0.504 e. The summed E-state index contributed by atoms with van der Waals surface area (Å²) in [5, 5.41) is 17.5. The van der Waals surface area contributed by atoms with Crippen LogP contribution in [0.4, 0.5) is 5.69 Å². The Morgan fingerprint density at radius 2 is 1.87 bits per heavy atom. The second-order valence-corrected chi connectivity index (χ2v) is 11.6. The number of para-hydroxylation sites is 1. The molecular formula is C27H34N4O6S. The highest BCUT2D eigenvalue weighted by Crippen LogP contribution is 2.35. The highest BCUT2D eigenvalue weighted by Gasteiger charge is 2.37. The number of morpholine rings is 1. The van der Waals surface area contributed by atoms with E-state index in [0.717, 1.165) is 18.5 Å². The first-order valence-corrected chi connectivity index (χ1v) is 14.4. The third-order valence-corrected chi connectivity index (χ3v) is 9.19. The van der Waals surface area contributed by atoms with Crippen LogP contribution in [0.1, 0.15) is 24.9 Å². The minimum Gasteiger partial charge on any atom is -0.504 e. The van der Waals surface area contributed by atoms with E-state index in [4.69, 9.17) is 9.47 Å². The number of hydrogen-bond donors (Lipinski definition) is 3. The lowest BCUT2D eigenvalue weighted by molar-refractivity contribution is -0.121. The summed E-state index contributed by atoms with van der Waals surface area (Å²) in [6.45, 7) is 5.28. The van der Waals surface area contributed by atoms with Gasteiger partial charge in [0.15, 0.2) is 5.75 Å². The molecule has 2 fully saturated rings. The zero-order valence-corrected chi connectivity index (χ0v) is 22.2. The Balaban J connectivity index is 1.40. The maximum Gasteiger partial charge on any atom is 0.246 e. The Labute approximate surface area is 223 Å². The lowest BCUT2D eigenvalue weighted by Crippen LogP contribution is -2.58. The van der Waals surface area contributed by atoms with Gasteiger partial charge in [0.25, 0.3) is 0 Å². The molecule has 0 saturated carbocycles. The van der Waals surface area contributed by atoms with E-state index in [2.05, 4.69) is 15.5 Å². The van der Waals surface area contributed by atoms with Crippen LogP contribution in [0, 0.1) is 0 Å². The Hall–Kier alpha value is -2.96. The summed E-state index contributed by atoms with van der Waals surface area (Å²) in [4.78, 5) is 14.9. The summed E-state index contributed by atoms with van der Waals surface area (Å²) in [6, 6.07) is 14.3. The van der Waals surface area contributed by atoms with Crippen molar-refractivity contribution in [3.8, 4) is 5.75 Å². The molecule has 0 radical (unpaired) electrons. The van der Waals surface area contributed by atoms with Crippen LogP contribution in [0.5, 0.6) is 5.75 Å². The summed E-state index contributed by atoms with van der Waals surface area (Å²) in [6.07, 6.45) is 0.743. The van der Waals surface area contributed by atoms with E-state index in [1.165, 1.54) is 10.4 Å². The van der Waals surface area contributed by atoms with Gasteiger partial charge in [-0.25, -0.2) is 8.42 Å². The number of Topliss-reactive ketones (excluding diaryl/α,β-unsaturated/α-hetero) is 1. The molecule has 2 aromatic carbocycles. The molecule has 11 heteroatoms. The lowest BCUT2D eigenvalue weighted by Gasteiger charge is -2.43. The molecule has 3 aliphatic rings. The van der Waals surface area contributed by atoms with E-state index in [1.807, 2.05) is 37.3 Å². The minimum absolute atomic E-state index is 0.00367. The molecule has 0 spiro atoms. The van der Waals surface area contributed by atoms with Gasteiger partial charge in [-0.05, 0) is 24.1 Å². The number of anilines is 1. The molecule has 3 heterocycles.